The lowest BCUT2D eigenvalue weighted by molar-refractivity contribution is 1.25. The van der Waals surface area contributed by atoms with E-state index in [1.54, 1.807) is 0 Å². The van der Waals surface area contributed by atoms with Gasteiger partial charge in [-0.3, -0.25) is 0 Å². The second-order valence-electron chi connectivity index (χ2n) is 10.6. The van der Waals surface area contributed by atoms with Gasteiger partial charge in [-0.05, 0) is 83.0 Å². The molecule has 2 nitrogen and oxygen atoms in total. The van der Waals surface area contributed by atoms with E-state index >= 15 is 0 Å². The monoisotopic (exact) mass is 510 g/mol. The molecule has 0 atom stereocenters. The van der Waals surface area contributed by atoms with Crippen LogP contribution in [-0.2, 0) is 0 Å². The van der Waals surface area contributed by atoms with Crippen molar-refractivity contribution in [3.8, 4) is 11.1 Å². The molecule has 0 aliphatic carbocycles. The van der Waals surface area contributed by atoms with Crippen molar-refractivity contribution < 1.29 is 0 Å². The van der Waals surface area contributed by atoms with Crippen LogP contribution >= 0.6 is 0 Å². The van der Waals surface area contributed by atoms with Crippen molar-refractivity contribution in [1.82, 2.24) is 0 Å². The first kappa shape index (κ1) is 22.9. The molecule has 0 amide bonds. The number of para-hydroxylation sites is 3. The van der Waals surface area contributed by atoms with Crippen molar-refractivity contribution in [2.45, 2.75) is 6.92 Å². The van der Waals surface area contributed by atoms with Gasteiger partial charge in [0.25, 0.3) is 6.71 Å². The highest BCUT2D eigenvalue weighted by Crippen LogP contribution is 2.44. The van der Waals surface area contributed by atoms with E-state index in [1.807, 2.05) is 0 Å². The quantitative estimate of drug-likeness (QED) is 0.224. The molecule has 40 heavy (non-hydrogen) atoms. The Morgan fingerprint density at radius 1 is 0.425 bits per heavy atom. The van der Waals surface area contributed by atoms with Gasteiger partial charge in [-0.25, -0.2) is 0 Å². The average molecular weight is 510 g/mol. The van der Waals surface area contributed by atoms with E-state index in [4.69, 9.17) is 0 Å². The van der Waals surface area contributed by atoms with Crippen LogP contribution in [0.3, 0.4) is 0 Å². The van der Waals surface area contributed by atoms with Crippen molar-refractivity contribution in [1.29, 1.82) is 0 Å². The molecule has 0 radical (unpaired) electrons. The first-order valence-corrected chi connectivity index (χ1v) is 13.9. The Bertz CT molecular complexity index is 1870. The summed E-state index contributed by atoms with van der Waals surface area (Å²) in [5.74, 6) is 0. The highest BCUT2D eigenvalue weighted by molar-refractivity contribution is 7.00. The summed E-state index contributed by atoms with van der Waals surface area (Å²) in [5, 5.41) is 0. The average Bonchev–Trinajstić information content (AvgIpc) is 3.02. The number of nitrogens with zero attached hydrogens (tertiary/aromatic N) is 2. The number of benzene rings is 6. The van der Waals surface area contributed by atoms with E-state index in [0.717, 1.165) is 0 Å². The largest absolute Gasteiger partial charge is 0.311 e. The van der Waals surface area contributed by atoms with Gasteiger partial charge in [0.15, 0.2) is 0 Å². The fraction of sp³-hybridized carbons (Fsp3) is 0.0270. The minimum absolute atomic E-state index is 0.141. The van der Waals surface area contributed by atoms with E-state index < -0.39 is 0 Å². The molecule has 6 aromatic carbocycles. The highest BCUT2D eigenvalue weighted by Gasteiger charge is 2.43. The Morgan fingerprint density at radius 3 is 1.60 bits per heavy atom. The van der Waals surface area contributed by atoms with E-state index in [1.165, 1.54) is 67.2 Å². The van der Waals surface area contributed by atoms with Gasteiger partial charge in [-0.2, -0.15) is 0 Å². The maximum absolute atomic E-state index is 2.47. The molecule has 0 aromatic heterocycles. The van der Waals surface area contributed by atoms with Gasteiger partial charge in [-0.15, -0.1) is 0 Å². The molecule has 2 heterocycles. The van der Waals surface area contributed by atoms with E-state index in [-0.39, 0.29) is 6.71 Å². The van der Waals surface area contributed by atoms with Crippen LogP contribution in [0.5, 0.6) is 0 Å². The Morgan fingerprint density at radius 2 is 0.950 bits per heavy atom. The zero-order valence-electron chi connectivity index (χ0n) is 22.3. The molecule has 0 saturated carbocycles. The van der Waals surface area contributed by atoms with Crippen LogP contribution in [0.15, 0.2) is 146 Å². The van der Waals surface area contributed by atoms with Crippen LogP contribution in [0.1, 0.15) is 5.56 Å². The third-order valence-corrected chi connectivity index (χ3v) is 8.35. The second-order valence-corrected chi connectivity index (χ2v) is 10.6. The summed E-state index contributed by atoms with van der Waals surface area (Å²) < 4.78 is 0. The van der Waals surface area contributed by atoms with Crippen LogP contribution in [0.4, 0.5) is 34.1 Å². The first-order chi connectivity index (χ1) is 19.8. The molecule has 6 aromatic rings. The van der Waals surface area contributed by atoms with Crippen molar-refractivity contribution in [3.63, 3.8) is 0 Å². The molecule has 2 aliphatic heterocycles. The number of fused-ring (bicyclic) bond motifs is 4. The van der Waals surface area contributed by atoms with Crippen LogP contribution < -0.4 is 26.2 Å². The lowest BCUT2D eigenvalue weighted by Gasteiger charge is -2.44. The van der Waals surface area contributed by atoms with Crippen LogP contribution in [-0.4, -0.2) is 6.71 Å². The van der Waals surface area contributed by atoms with Gasteiger partial charge < -0.3 is 9.80 Å². The molecule has 2 aliphatic rings. The smallest absolute Gasteiger partial charge is 0.252 e. The van der Waals surface area contributed by atoms with Crippen molar-refractivity contribution in [3.05, 3.63) is 151 Å². The van der Waals surface area contributed by atoms with Crippen LogP contribution in [0, 0.1) is 6.92 Å². The molecule has 0 N–H and O–H groups in total. The zero-order valence-corrected chi connectivity index (χ0v) is 22.3. The fourth-order valence-corrected chi connectivity index (χ4v) is 6.73. The summed E-state index contributed by atoms with van der Waals surface area (Å²) in [5.41, 5.74) is 15.2. The second kappa shape index (κ2) is 9.03. The van der Waals surface area contributed by atoms with E-state index in [9.17, 15) is 0 Å². The molecule has 0 unspecified atom stereocenters. The summed E-state index contributed by atoms with van der Waals surface area (Å²) in [6, 6.07) is 52.8. The van der Waals surface area contributed by atoms with Crippen molar-refractivity contribution in [2.75, 3.05) is 9.80 Å². The highest BCUT2D eigenvalue weighted by atomic mass is 15.2. The van der Waals surface area contributed by atoms with Crippen LogP contribution in [0.2, 0.25) is 0 Å². The molecule has 0 fully saturated rings. The number of rotatable bonds is 3. The minimum Gasteiger partial charge on any atom is -0.311 e. The Kier molecular flexibility index (Phi) is 5.18. The topological polar surface area (TPSA) is 6.48 Å². The maximum Gasteiger partial charge on any atom is 0.252 e. The van der Waals surface area contributed by atoms with E-state index in [2.05, 4.69) is 162 Å². The maximum atomic E-state index is 2.47. The zero-order chi connectivity index (χ0) is 26.6. The Balaban J connectivity index is 1.47. The number of anilines is 6. The molecule has 0 bridgehead atoms. The molecular formula is C37H27BN2. The number of hydrogen-bond acceptors (Lipinski definition) is 2. The Labute approximate surface area is 235 Å². The van der Waals surface area contributed by atoms with Gasteiger partial charge in [0.1, 0.15) is 0 Å². The summed E-state index contributed by atoms with van der Waals surface area (Å²) in [7, 11) is 0. The first-order valence-electron chi connectivity index (χ1n) is 13.9. The molecular weight excluding hydrogens is 483 g/mol. The third kappa shape index (κ3) is 3.38. The molecule has 188 valence electrons. The number of aryl methyl sites for hydroxylation is 1. The third-order valence-electron chi connectivity index (χ3n) is 8.35. The molecule has 3 heteroatoms. The van der Waals surface area contributed by atoms with E-state index in [0.29, 0.717) is 0 Å². The standard InChI is InChI=1S/C37H27BN2/c1-26-24-28(27-14-5-2-6-15-27)25-35-36(26)38-31-20-11-12-21-32(31)39(29-16-7-3-8-17-29)33-22-13-23-34(37(33)38)40(35)30-18-9-4-10-19-30/h2-25H,1H3. The van der Waals surface area contributed by atoms with Gasteiger partial charge in [-0.1, -0.05) is 103 Å². The fourth-order valence-electron chi connectivity index (χ4n) is 6.73. The Hall–Kier alpha value is -5.02. The minimum atomic E-state index is 0.141. The van der Waals surface area contributed by atoms with Crippen molar-refractivity contribution >= 4 is 57.2 Å². The number of hydrogen-bond donors (Lipinski definition) is 0. The summed E-state index contributed by atoms with van der Waals surface area (Å²) in [6.07, 6.45) is 0. The summed E-state index contributed by atoms with van der Waals surface area (Å²) >= 11 is 0. The predicted octanol–water partition coefficient (Wildman–Crippen LogP) is 7.74. The predicted molar refractivity (Wildman–Crippen MR) is 171 cm³/mol. The van der Waals surface area contributed by atoms with Gasteiger partial charge >= 0.3 is 0 Å². The molecule has 8 rings (SSSR count). The lowest BCUT2D eigenvalue weighted by Crippen LogP contribution is -2.62. The van der Waals surface area contributed by atoms with Crippen molar-refractivity contribution in [2.24, 2.45) is 0 Å². The summed E-state index contributed by atoms with van der Waals surface area (Å²) in [6.45, 7) is 2.43. The van der Waals surface area contributed by atoms with Gasteiger partial charge in [0.05, 0.1) is 0 Å². The SMILES string of the molecule is Cc1cc(-c2ccccc2)cc2c1B1c3ccccc3N(c3ccccc3)c3cccc(c31)N2c1ccccc1. The normalized spacial score (nSPS) is 13.0. The molecule has 0 spiro atoms. The summed E-state index contributed by atoms with van der Waals surface area (Å²) in [4.78, 5) is 4.91. The van der Waals surface area contributed by atoms with Gasteiger partial charge in [0, 0.05) is 34.1 Å². The molecule has 0 saturated heterocycles. The van der Waals surface area contributed by atoms with Crippen LogP contribution in [0.25, 0.3) is 11.1 Å². The van der Waals surface area contributed by atoms with Gasteiger partial charge in [0.2, 0.25) is 0 Å². The lowest BCUT2D eigenvalue weighted by atomic mass is 9.32.